The van der Waals surface area contributed by atoms with Crippen molar-refractivity contribution in [1.82, 2.24) is 19.9 Å². The molecular weight excluding hydrogens is 222 g/mol. The average molecular weight is 239 g/mol. The van der Waals surface area contributed by atoms with Gasteiger partial charge < -0.3 is 15.4 Å². The average Bonchev–Trinajstić information content (AvgIpc) is 2.77. The molecule has 1 aromatic rings. The summed E-state index contributed by atoms with van der Waals surface area (Å²) in [5, 5.41) is 7.70. The first-order chi connectivity index (χ1) is 8.20. The molecule has 0 saturated carbocycles. The van der Waals surface area contributed by atoms with Crippen LogP contribution >= 0.6 is 0 Å². The lowest BCUT2D eigenvalue weighted by molar-refractivity contribution is -0.139. The van der Waals surface area contributed by atoms with Gasteiger partial charge in [-0.15, -0.1) is 5.10 Å². The summed E-state index contributed by atoms with van der Waals surface area (Å²) in [4.78, 5) is 13.8. The molecule has 1 amide bonds. The molecule has 94 valence electrons. The van der Waals surface area contributed by atoms with Crippen LogP contribution < -0.4 is 5.73 Å². The van der Waals surface area contributed by atoms with E-state index in [2.05, 4.69) is 10.3 Å². The third-order valence-corrected chi connectivity index (χ3v) is 2.78. The number of rotatable bonds is 3. The number of hydrogen-bond donors (Lipinski definition) is 1. The Labute approximate surface area is 99.5 Å². The highest BCUT2D eigenvalue weighted by molar-refractivity contribution is 5.76. The van der Waals surface area contributed by atoms with E-state index >= 15 is 0 Å². The number of ether oxygens (including phenoxy) is 1. The fraction of sp³-hybridized carbons (Fsp3) is 0.700. The summed E-state index contributed by atoms with van der Waals surface area (Å²) in [6.45, 7) is 4.35. The Hall–Kier alpha value is -1.47. The van der Waals surface area contributed by atoms with Crippen molar-refractivity contribution in [3.05, 3.63) is 11.9 Å². The second-order valence-electron chi connectivity index (χ2n) is 4.12. The van der Waals surface area contributed by atoms with Gasteiger partial charge in [0.25, 0.3) is 0 Å². The van der Waals surface area contributed by atoms with Crippen molar-refractivity contribution in [2.24, 2.45) is 5.73 Å². The van der Waals surface area contributed by atoms with Crippen LogP contribution in [0.1, 0.15) is 12.6 Å². The SMILES string of the molecule is C[C@@H]1COCCN1C(=O)Cn1cc(CN)nn1. The van der Waals surface area contributed by atoms with E-state index in [0.717, 1.165) is 0 Å². The van der Waals surface area contributed by atoms with Gasteiger partial charge in [0.15, 0.2) is 0 Å². The first kappa shape index (κ1) is 12.0. The Morgan fingerprint density at radius 2 is 2.53 bits per heavy atom. The van der Waals surface area contributed by atoms with E-state index in [9.17, 15) is 4.79 Å². The molecule has 0 radical (unpaired) electrons. The molecule has 7 nitrogen and oxygen atoms in total. The van der Waals surface area contributed by atoms with Gasteiger partial charge in [0.1, 0.15) is 6.54 Å². The van der Waals surface area contributed by atoms with Gasteiger partial charge in [0.05, 0.1) is 31.1 Å². The van der Waals surface area contributed by atoms with Crippen LogP contribution in [0.25, 0.3) is 0 Å². The standard InChI is InChI=1S/C10H17N5O2/c1-8-7-17-3-2-15(8)10(16)6-14-5-9(4-11)12-13-14/h5,8H,2-4,6-7,11H2,1H3/t8-/m1/s1. The molecule has 1 saturated heterocycles. The molecule has 0 bridgehead atoms. The van der Waals surface area contributed by atoms with Crippen molar-refractivity contribution in [1.29, 1.82) is 0 Å². The third kappa shape index (κ3) is 2.80. The molecule has 1 aliphatic heterocycles. The van der Waals surface area contributed by atoms with E-state index in [0.29, 0.717) is 32.0 Å². The molecule has 0 aliphatic carbocycles. The fourth-order valence-corrected chi connectivity index (χ4v) is 1.84. The summed E-state index contributed by atoms with van der Waals surface area (Å²) in [6.07, 6.45) is 1.70. The van der Waals surface area contributed by atoms with Gasteiger partial charge in [0.2, 0.25) is 5.91 Å². The van der Waals surface area contributed by atoms with Crippen molar-refractivity contribution in [3.8, 4) is 0 Å². The fourth-order valence-electron chi connectivity index (χ4n) is 1.84. The minimum Gasteiger partial charge on any atom is -0.377 e. The van der Waals surface area contributed by atoms with Crippen LogP contribution in [0.3, 0.4) is 0 Å². The maximum atomic E-state index is 12.0. The second kappa shape index (κ2) is 5.24. The van der Waals surface area contributed by atoms with Crippen LogP contribution in [0.4, 0.5) is 0 Å². The lowest BCUT2D eigenvalue weighted by atomic mass is 10.2. The number of carbonyl (C=O) groups is 1. The van der Waals surface area contributed by atoms with Crippen molar-refractivity contribution >= 4 is 5.91 Å². The topological polar surface area (TPSA) is 86.3 Å². The van der Waals surface area contributed by atoms with Gasteiger partial charge in [-0.2, -0.15) is 0 Å². The van der Waals surface area contributed by atoms with Gasteiger partial charge in [0, 0.05) is 13.1 Å². The summed E-state index contributed by atoms with van der Waals surface area (Å²) in [7, 11) is 0. The predicted octanol–water partition coefficient (Wildman–Crippen LogP) is -1.02. The molecule has 2 N–H and O–H groups in total. The van der Waals surface area contributed by atoms with Gasteiger partial charge in [-0.05, 0) is 6.92 Å². The van der Waals surface area contributed by atoms with Crippen molar-refractivity contribution < 1.29 is 9.53 Å². The van der Waals surface area contributed by atoms with Crippen LogP contribution in [0.15, 0.2) is 6.20 Å². The van der Waals surface area contributed by atoms with Crippen LogP contribution in [0.2, 0.25) is 0 Å². The minimum absolute atomic E-state index is 0.0364. The van der Waals surface area contributed by atoms with E-state index in [1.165, 1.54) is 4.68 Å². The first-order valence-corrected chi connectivity index (χ1v) is 5.67. The molecular formula is C10H17N5O2. The number of hydrogen-bond acceptors (Lipinski definition) is 5. The van der Waals surface area contributed by atoms with Crippen LogP contribution in [-0.2, 0) is 22.6 Å². The Morgan fingerprint density at radius 3 is 3.18 bits per heavy atom. The van der Waals surface area contributed by atoms with E-state index in [-0.39, 0.29) is 18.5 Å². The zero-order valence-corrected chi connectivity index (χ0v) is 9.87. The van der Waals surface area contributed by atoms with E-state index in [1.54, 1.807) is 6.20 Å². The summed E-state index contributed by atoms with van der Waals surface area (Å²) < 4.78 is 6.81. The highest BCUT2D eigenvalue weighted by Crippen LogP contribution is 2.07. The highest BCUT2D eigenvalue weighted by Gasteiger charge is 2.23. The molecule has 1 atom stereocenters. The number of nitrogens with two attached hydrogens (primary N) is 1. The first-order valence-electron chi connectivity index (χ1n) is 5.67. The Morgan fingerprint density at radius 1 is 1.71 bits per heavy atom. The highest BCUT2D eigenvalue weighted by atomic mass is 16.5. The van der Waals surface area contributed by atoms with E-state index in [4.69, 9.17) is 10.5 Å². The number of nitrogens with zero attached hydrogens (tertiary/aromatic N) is 4. The van der Waals surface area contributed by atoms with Crippen LogP contribution in [-0.4, -0.2) is 51.6 Å². The van der Waals surface area contributed by atoms with Crippen molar-refractivity contribution in [2.75, 3.05) is 19.8 Å². The summed E-state index contributed by atoms with van der Waals surface area (Å²) >= 11 is 0. The lowest BCUT2D eigenvalue weighted by Gasteiger charge is -2.33. The van der Waals surface area contributed by atoms with Crippen LogP contribution in [0, 0.1) is 0 Å². The lowest BCUT2D eigenvalue weighted by Crippen LogP contribution is -2.48. The monoisotopic (exact) mass is 239 g/mol. The Kier molecular flexibility index (Phi) is 3.70. The van der Waals surface area contributed by atoms with Gasteiger partial charge in [-0.1, -0.05) is 5.21 Å². The summed E-state index contributed by atoms with van der Waals surface area (Å²) in [6, 6.07) is 0.119. The molecule has 17 heavy (non-hydrogen) atoms. The second-order valence-corrected chi connectivity index (χ2v) is 4.12. The molecule has 1 fully saturated rings. The largest absolute Gasteiger partial charge is 0.377 e. The van der Waals surface area contributed by atoms with Crippen molar-refractivity contribution in [2.45, 2.75) is 26.1 Å². The maximum absolute atomic E-state index is 12.0. The predicted molar refractivity (Wildman–Crippen MR) is 59.9 cm³/mol. The van der Waals surface area contributed by atoms with E-state index < -0.39 is 0 Å². The Bertz CT molecular complexity index is 392. The third-order valence-electron chi connectivity index (χ3n) is 2.78. The molecule has 0 spiro atoms. The summed E-state index contributed by atoms with van der Waals surface area (Å²) in [5.41, 5.74) is 6.12. The zero-order chi connectivity index (χ0) is 12.3. The molecule has 1 aromatic heterocycles. The molecule has 0 aromatic carbocycles. The quantitative estimate of drug-likeness (QED) is 0.730. The molecule has 1 aliphatic rings. The van der Waals surface area contributed by atoms with Crippen molar-refractivity contribution in [3.63, 3.8) is 0 Å². The number of amides is 1. The van der Waals surface area contributed by atoms with Gasteiger partial charge in [-0.25, -0.2) is 4.68 Å². The normalized spacial score (nSPS) is 20.6. The molecule has 7 heteroatoms. The number of morpholine rings is 1. The molecule has 0 unspecified atom stereocenters. The number of aromatic nitrogens is 3. The van der Waals surface area contributed by atoms with Gasteiger partial charge >= 0.3 is 0 Å². The summed E-state index contributed by atoms with van der Waals surface area (Å²) in [5.74, 6) is 0.0364. The van der Waals surface area contributed by atoms with Crippen LogP contribution in [0.5, 0.6) is 0 Å². The maximum Gasteiger partial charge on any atom is 0.244 e. The van der Waals surface area contributed by atoms with Gasteiger partial charge in [-0.3, -0.25) is 4.79 Å². The van der Waals surface area contributed by atoms with E-state index in [1.807, 2.05) is 11.8 Å². The zero-order valence-electron chi connectivity index (χ0n) is 9.87. The molecule has 2 rings (SSSR count). The minimum atomic E-state index is 0.0364. The number of carbonyl (C=O) groups excluding carboxylic acids is 1. The Balaban J connectivity index is 1.95. The molecule has 2 heterocycles. The smallest absolute Gasteiger partial charge is 0.244 e.